The Morgan fingerprint density at radius 2 is 2.05 bits per heavy atom. The largest absolute Gasteiger partial charge is 0.318 e. The molecular weight excluding hydrogens is 249 g/mol. The van der Waals surface area contributed by atoms with Crippen LogP contribution in [-0.2, 0) is 18.4 Å². The maximum Gasteiger partial charge on any atom is 0.123 e. The first-order valence-electron chi connectivity index (χ1n) is 7.30. The highest BCUT2D eigenvalue weighted by Gasteiger charge is 2.36. The highest BCUT2D eigenvalue weighted by molar-refractivity contribution is 5.47. The fourth-order valence-corrected chi connectivity index (χ4v) is 3.26. The lowest BCUT2D eigenvalue weighted by Gasteiger charge is -2.26. The number of hydrogen-bond acceptors (Lipinski definition) is 1. The summed E-state index contributed by atoms with van der Waals surface area (Å²) in [6.45, 7) is 2.18. The van der Waals surface area contributed by atoms with E-state index in [2.05, 4.69) is 31.2 Å². The maximum absolute atomic E-state index is 13.3. The van der Waals surface area contributed by atoms with Crippen molar-refractivity contribution in [2.75, 3.05) is 0 Å². The van der Waals surface area contributed by atoms with Gasteiger partial charge in [0.1, 0.15) is 5.82 Å². The van der Waals surface area contributed by atoms with E-state index in [1.165, 1.54) is 11.6 Å². The minimum atomic E-state index is -0.465. The van der Waals surface area contributed by atoms with Gasteiger partial charge in [0.2, 0.25) is 0 Å². The Bertz CT molecular complexity index is 635. The second-order valence-corrected chi connectivity index (χ2v) is 5.72. The summed E-state index contributed by atoms with van der Waals surface area (Å²) >= 11 is 0. The molecule has 0 spiro atoms. The molecule has 0 saturated carbocycles. The summed E-state index contributed by atoms with van der Waals surface area (Å²) in [5.41, 5.74) is 10.8. The molecule has 0 fully saturated rings. The molecule has 0 aromatic heterocycles. The van der Waals surface area contributed by atoms with E-state index in [9.17, 15) is 4.39 Å². The van der Waals surface area contributed by atoms with E-state index >= 15 is 0 Å². The number of halogens is 1. The van der Waals surface area contributed by atoms with Gasteiger partial charge in [0, 0.05) is 0 Å². The Hall–Kier alpha value is -1.67. The zero-order valence-electron chi connectivity index (χ0n) is 11.8. The Morgan fingerprint density at radius 1 is 1.20 bits per heavy atom. The van der Waals surface area contributed by atoms with Gasteiger partial charge in [-0.3, -0.25) is 0 Å². The molecule has 0 bridgehead atoms. The van der Waals surface area contributed by atoms with Crippen LogP contribution in [0.15, 0.2) is 42.5 Å². The smallest absolute Gasteiger partial charge is 0.123 e. The molecule has 1 aliphatic rings. The summed E-state index contributed by atoms with van der Waals surface area (Å²) in [6, 6.07) is 13.5. The average Bonchev–Trinajstić information content (AvgIpc) is 2.78. The number of rotatable bonds is 3. The third kappa shape index (κ3) is 2.14. The predicted molar refractivity (Wildman–Crippen MR) is 80.1 cm³/mol. The molecule has 1 atom stereocenters. The lowest BCUT2D eigenvalue weighted by Crippen LogP contribution is -2.35. The fraction of sp³-hybridized carbons (Fsp3) is 0.333. The number of hydrogen-bond donors (Lipinski definition) is 1. The Labute approximate surface area is 119 Å². The molecule has 1 aliphatic carbocycles. The third-order valence-corrected chi connectivity index (χ3v) is 4.32. The van der Waals surface area contributed by atoms with Crippen molar-refractivity contribution in [1.29, 1.82) is 0 Å². The van der Waals surface area contributed by atoms with Crippen molar-refractivity contribution in [3.05, 3.63) is 70.5 Å². The van der Waals surface area contributed by atoms with Crippen LogP contribution in [0.25, 0.3) is 0 Å². The van der Waals surface area contributed by atoms with Crippen LogP contribution in [0.5, 0.6) is 0 Å². The second-order valence-electron chi connectivity index (χ2n) is 5.72. The monoisotopic (exact) mass is 269 g/mol. The third-order valence-electron chi connectivity index (χ3n) is 4.32. The second kappa shape index (κ2) is 5.02. The first kappa shape index (κ1) is 13.3. The van der Waals surface area contributed by atoms with E-state index in [1.807, 2.05) is 6.07 Å². The van der Waals surface area contributed by atoms with Crippen LogP contribution in [0.2, 0.25) is 0 Å². The zero-order chi connectivity index (χ0) is 14.2. The van der Waals surface area contributed by atoms with Crippen LogP contribution in [0.1, 0.15) is 42.0 Å². The van der Waals surface area contributed by atoms with E-state index in [0.717, 1.165) is 42.4 Å². The SMILES string of the molecule is CCCc1cccc(C2(N)CCc3cc(F)ccc32)c1. The molecule has 0 heterocycles. The number of fused-ring (bicyclic) bond motifs is 1. The van der Waals surface area contributed by atoms with Crippen LogP contribution in [-0.4, -0.2) is 0 Å². The topological polar surface area (TPSA) is 26.0 Å². The van der Waals surface area contributed by atoms with Gasteiger partial charge < -0.3 is 5.73 Å². The van der Waals surface area contributed by atoms with Gasteiger partial charge in [0.05, 0.1) is 5.54 Å². The fourth-order valence-electron chi connectivity index (χ4n) is 3.26. The molecule has 2 heteroatoms. The van der Waals surface area contributed by atoms with Gasteiger partial charge in [-0.25, -0.2) is 4.39 Å². The lowest BCUT2D eigenvalue weighted by molar-refractivity contribution is 0.534. The van der Waals surface area contributed by atoms with Crippen LogP contribution >= 0.6 is 0 Å². The highest BCUT2D eigenvalue weighted by Crippen LogP contribution is 2.40. The summed E-state index contributed by atoms with van der Waals surface area (Å²) in [6.07, 6.45) is 3.89. The first-order valence-corrected chi connectivity index (χ1v) is 7.30. The van der Waals surface area contributed by atoms with Crippen LogP contribution in [0.4, 0.5) is 4.39 Å². The Morgan fingerprint density at radius 3 is 2.85 bits per heavy atom. The molecule has 2 aromatic rings. The van der Waals surface area contributed by atoms with Crippen molar-refractivity contribution in [1.82, 2.24) is 0 Å². The van der Waals surface area contributed by atoms with E-state index in [-0.39, 0.29) is 5.82 Å². The molecular formula is C18H20FN. The van der Waals surface area contributed by atoms with Crippen molar-refractivity contribution < 1.29 is 4.39 Å². The molecule has 104 valence electrons. The Balaban J connectivity index is 2.04. The van der Waals surface area contributed by atoms with Crippen LogP contribution in [0, 0.1) is 5.82 Å². The van der Waals surface area contributed by atoms with Crippen LogP contribution in [0.3, 0.4) is 0 Å². The molecule has 0 amide bonds. The summed E-state index contributed by atoms with van der Waals surface area (Å²) in [4.78, 5) is 0. The normalized spacial score (nSPS) is 20.9. The average molecular weight is 269 g/mol. The van der Waals surface area contributed by atoms with E-state index < -0.39 is 5.54 Å². The zero-order valence-corrected chi connectivity index (χ0v) is 11.8. The molecule has 20 heavy (non-hydrogen) atoms. The van der Waals surface area contributed by atoms with Gasteiger partial charge in [0.25, 0.3) is 0 Å². The number of aryl methyl sites for hydroxylation is 2. The molecule has 0 saturated heterocycles. The molecule has 2 N–H and O–H groups in total. The minimum Gasteiger partial charge on any atom is -0.318 e. The van der Waals surface area contributed by atoms with E-state index in [4.69, 9.17) is 5.73 Å². The van der Waals surface area contributed by atoms with Crippen molar-refractivity contribution in [2.24, 2.45) is 5.73 Å². The van der Waals surface area contributed by atoms with Gasteiger partial charge in [-0.15, -0.1) is 0 Å². The van der Waals surface area contributed by atoms with Crippen molar-refractivity contribution in [3.8, 4) is 0 Å². The summed E-state index contributed by atoms with van der Waals surface area (Å²) in [5.74, 6) is -0.173. The number of benzene rings is 2. The maximum atomic E-state index is 13.3. The molecule has 3 rings (SSSR count). The van der Waals surface area contributed by atoms with Gasteiger partial charge in [-0.2, -0.15) is 0 Å². The van der Waals surface area contributed by atoms with E-state index in [1.54, 1.807) is 6.07 Å². The van der Waals surface area contributed by atoms with Gasteiger partial charge in [-0.1, -0.05) is 43.7 Å². The number of nitrogens with two attached hydrogens (primary N) is 1. The molecule has 1 nitrogen and oxygen atoms in total. The van der Waals surface area contributed by atoms with Crippen molar-refractivity contribution in [2.45, 2.75) is 38.1 Å². The molecule has 0 radical (unpaired) electrons. The van der Waals surface area contributed by atoms with Gasteiger partial charge in [0.15, 0.2) is 0 Å². The highest BCUT2D eigenvalue weighted by atomic mass is 19.1. The lowest BCUT2D eigenvalue weighted by atomic mass is 9.84. The van der Waals surface area contributed by atoms with Crippen molar-refractivity contribution >= 4 is 0 Å². The summed E-state index contributed by atoms with van der Waals surface area (Å²) in [7, 11) is 0. The summed E-state index contributed by atoms with van der Waals surface area (Å²) < 4.78 is 13.3. The summed E-state index contributed by atoms with van der Waals surface area (Å²) in [5, 5.41) is 0. The van der Waals surface area contributed by atoms with E-state index in [0.29, 0.717) is 0 Å². The minimum absolute atomic E-state index is 0.173. The quantitative estimate of drug-likeness (QED) is 0.897. The van der Waals surface area contributed by atoms with Gasteiger partial charge in [-0.05, 0) is 53.6 Å². The standard InChI is InChI=1S/C18H20FN/c1-2-4-13-5-3-6-15(11-13)18(20)10-9-14-12-16(19)7-8-17(14)18/h3,5-8,11-12H,2,4,9-10,20H2,1H3. The first-order chi connectivity index (χ1) is 9.63. The van der Waals surface area contributed by atoms with Gasteiger partial charge >= 0.3 is 0 Å². The van der Waals surface area contributed by atoms with Crippen LogP contribution < -0.4 is 5.73 Å². The Kier molecular flexibility index (Phi) is 3.35. The molecule has 1 unspecified atom stereocenters. The molecule has 2 aromatic carbocycles. The predicted octanol–water partition coefficient (Wildman–Crippen LogP) is 3.93. The van der Waals surface area contributed by atoms with Crippen molar-refractivity contribution in [3.63, 3.8) is 0 Å². The molecule has 0 aliphatic heterocycles.